The van der Waals surface area contributed by atoms with Gasteiger partial charge < -0.3 is 24.3 Å². The molecule has 174 valence electrons. The van der Waals surface area contributed by atoms with Gasteiger partial charge in [0.25, 0.3) is 0 Å². The lowest BCUT2D eigenvalue weighted by molar-refractivity contribution is 0.324. The standard InChI is InChI=1S/C26H24FN3O4/c1-16-5-10-21(25(29-16)17-6-8-18(27)9-7-17)34-20-11-12-28-24(15-20)30-19-13-22(31-2)26(33-4)23(14-19)32-3/h5-15H,1-4H3,(H,28,30). The summed E-state index contributed by atoms with van der Waals surface area (Å²) < 4.78 is 35.7. The molecule has 0 fully saturated rings. The van der Waals surface area contributed by atoms with Gasteiger partial charge in [-0.1, -0.05) is 0 Å². The second-order valence-corrected chi connectivity index (χ2v) is 7.32. The van der Waals surface area contributed by atoms with Crippen molar-refractivity contribution < 1.29 is 23.3 Å². The zero-order chi connectivity index (χ0) is 24.1. The first kappa shape index (κ1) is 22.8. The number of nitrogens with zero attached hydrogens (tertiary/aromatic N) is 2. The number of anilines is 2. The molecule has 0 saturated carbocycles. The number of nitrogens with one attached hydrogen (secondary N) is 1. The average Bonchev–Trinajstić information content (AvgIpc) is 2.85. The van der Waals surface area contributed by atoms with Crippen LogP contribution in [-0.2, 0) is 0 Å². The van der Waals surface area contributed by atoms with Crippen LogP contribution in [0.4, 0.5) is 15.9 Å². The van der Waals surface area contributed by atoms with Crippen molar-refractivity contribution in [3.8, 4) is 40.0 Å². The van der Waals surface area contributed by atoms with Gasteiger partial charge in [-0.3, -0.25) is 0 Å². The Labute approximate surface area is 197 Å². The van der Waals surface area contributed by atoms with E-state index in [1.165, 1.54) is 12.1 Å². The molecule has 34 heavy (non-hydrogen) atoms. The van der Waals surface area contributed by atoms with Gasteiger partial charge in [0.2, 0.25) is 5.75 Å². The highest BCUT2D eigenvalue weighted by Crippen LogP contribution is 2.41. The zero-order valence-electron chi connectivity index (χ0n) is 19.3. The minimum Gasteiger partial charge on any atom is -0.493 e. The van der Waals surface area contributed by atoms with Crippen molar-refractivity contribution in [2.75, 3.05) is 26.6 Å². The molecule has 0 radical (unpaired) electrons. The number of pyridine rings is 2. The van der Waals surface area contributed by atoms with Crippen LogP contribution in [0.3, 0.4) is 0 Å². The topological polar surface area (TPSA) is 74.7 Å². The number of aromatic nitrogens is 2. The van der Waals surface area contributed by atoms with Crippen LogP contribution in [-0.4, -0.2) is 31.3 Å². The van der Waals surface area contributed by atoms with Gasteiger partial charge in [0.05, 0.1) is 21.3 Å². The first-order chi connectivity index (χ1) is 16.5. The molecular weight excluding hydrogens is 437 g/mol. The Morgan fingerprint density at radius 2 is 1.50 bits per heavy atom. The summed E-state index contributed by atoms with van der Waals surface area (Å²) in [5, 5.41) is 3.23. The fraction of sp³-hybridized carbons (Fsp3) is 0.154. The van der Waals surface area contributed by atoms with Gasteiger partial charge in [0.1, 0.15) is 23.1 Å². The van der Waals surface area contributed by atoms with Crippen molar-refractivity contribution in [3.63, 3.8) is 0 Å². The molecule has 2 aromatic carbocycles. The third-order valence-electron chi connectivity index (χ3n) is 5.01. The highest BCUT2D eigenvalue weighted by atomic mass is 19.1. The molecule has 1 N–H and O–H groups in total. The number of hydrogen-bond acceptors (Lipinski definition) is 7. The van der Waals surface area contributed by atoms with Crippen LogP contribution in [0, 0.1) is 12.7 Å². The van der Waals surface area contributed by atoms with Gasteiger partial charge in [0, 0.05) is 41.3 Å². The second-order valence-electron chi connectivity index (χ2n) is 7.32. The van der Waals surface area contributed by atoms with Gasteiger partial charge in [-0.15, -0.1) is 0 Å². The molecule has 7 nitrogen and oxygen atoms in total. The highest BCUT2D eigenvalue weighted by molar-refractivity contribution is 5.68. The molecule has 0 aliphatic carbocycles. The van der Waals surface area contributed by atoms with E-state index >= 15 is 0 Å². The number of ether oxygens (including phenoxy) is 4. The summed E-state index contributed by atoms with van der Waals surface area (Å²) in [5.74, 6) is 2.88. The quantitative estimate of drug-likeness (QED) is 0.337. The molecule has 0 aliphatic rings. The van der Waals surface area contributed by atoms with Gasteiger partial charge in [0.15, 0.2) is 17.2 Å². The molecule has 0 spiro atoms. The summed E-state index contributed by atoms with van der Waals surface area (Å²) in [7, 11) is 4.67. The molecule has 0 saturated heterocycles. The van der Waals surface area contributed by atoms with Crippen molar-refractivity contribution >= 4 is 11.5 Å². The van der Waals surface area contributed by atoms with Crippen molar-refractivity contribution in [1.82, 2.24) is 9.97 Å². The van der Waals surface area contributed by atoms with Crippen LogP contribution >= 0.6 is 0 Å². The summed E-state index contributed by atoms with van der Waals surface area (Å²) in [6.07, 6.45) is 1.63. The average molecular weight is 461 g/mol. The van der Waals surface area contributed by atoms with E-state index in [2.05, 4.69) is 15.3 Å². The molecule has 0 aliphatic heterocycles. The number of benzene rings is 2. The SMILES string of the molecule is COc1cc(Nc2cc(Oc3ccc(C)nc3-c3ccc(F)cc3)ccn2)cc(OC)c1OC. The Bertz CT molecular complexity index is 1270. The summed E-state index contributed by atoms with van der Waals surface area (Å²) in [5.41, 5.74) is 2.90. The van der Waals surface area contributed by atoms with Gasteiger partial charge >= 0.3 is 0 Å². The first-order valence-electron chi connectivity index (χ1n) is 10.4. The molecule has 0 bridgehead atoms. The maximum absolute atomic E-state index is 13.4. The Kier molecular flexibility index (Phi) is 6.77. The van der Waals surface area contributed by atoms with E-state index in [1.54, 1.807) is 63.9 Å². The predicted molar refractivity (Wildman–Crippen MR) is 128 cm³/mol. The maximum Gasteiger partial charge on any atom is 0.203 e. The number of hydrogen-bond donors (Lipinski definition) is 1. The van der Waals surface area contributed by atoms with Crippen LogP contribution in [0.2, 0.25) is 0 Å². The number of halogens is 1. The molecule has 4 aromatic rings. The van der Waals surface area contributed by atoms with Crippen LogP contribution in [0.1, 0.15) is 5.69 Å². The van der Waals surface area contributed by atoms with Crippen molar-refractivity contribution in [3.05, 3.63) is 78.4 Å². The summed E-state index contributed by atoms with van der Waals surface area (Å²) in [6, 6.07) is 16.9. The summed E-state index contributed by atoms with van der Waals surface area (Å²) in [4.78, 5) is 8.97. The van der Waals surface area contributed by atoms with Gasteiger partial charge in [-0.25, -0.2) is 14.4 Å². The molecular formula is C26H24FN3O4. The number of rotatable bonds is 8. The van der Waals surface area contributed by atoms with Crippen LogP contribution in [0.5, 0.6) is 28.7 Å². The minimum atomic E-state index is -0.310. The van der Waals surface area contributed by atoms with E-state index in [9.17, 15) is 4.39 Å². The van der Waals surface area contributed by atoms with E-state index in [0.29, 0.717) is 45.9 Å². The minimum absolute atomic E-state index is 0.310. The largest absolute Gasteiger partial charge is 0.493 e. The Hall–Kier alpha value is -4.33. The third-order valence-corrected chi connectivity index (χ3v) is 5.01. The van der Waals surface area contributed by atoms with Gasteiger partial charge in [-0.05, 0) is 49.4 Å². The zero-order valence-corrected chi connectivity index (χ0v) is 19.3. The monoisotopic (exact) mass is 461 g/mol. The Balaban J connectivity index is 1.62. The summed E-state index contributed by atoms with van der Waals surface area (Å²) in [6.45, 7) is 1.89. The Morgan fingerprint density at radius 3 is 2.15 bits per heavy atom. The normalized spacial score (nSPS) is 10.5. The van der Waals surface area contributed by atoms with Crippen LogP contribution in [0.15, 0.2) is 66.9 Å². The molecule has 8 heteroatoms. The first-order valence-corrected chi connectivity index (χ1v) is 10.4. The lowest BCUT2D eigenvalue weighted by atomic mass is 10.1. The maximum atomic E-state index is 13.4. The van der Waals surface area contributed by atoms with E-state index in [1.807, 2.05) is 19.1 Å². The van der Waals surface area contributed by atoms with Gasteiger partial charge in [-0.2, -0.15) is 0 Å². The second kappa shape index (κ2) is 10.1. The summed E-state index contributed by atoms with van der Waals surface area (Å²) >= 11 is 0. The lowest BCUT2D eigenvalue weighted by Gasteiger charge is -2.15. The molecule has 0 atom stereocenters. The van der Waals surface area contributed by atoms with Crippen molar-refractivity contribution in [2.24, 2.45) is 0 Å². The molecule has 0 amide bonds. The third kappa shape index (κ3) is 5.01. The number of methoxy groups -OCH3 is 3. The molecule has 4 rings (SSSR count). The van der Waals surface area contributed by atoms with Crippen LogP contribution in [0.25, 0.3) is 11.3 Å². The lowest BCUT2D eigenvalue weighted by Crippen LogP contribution is -1.99. The smallest absolute Gasteiger partial charge is 0.203 e. The Morgan fingerprint density at radius 1 is 0.794 bits per heavy atom. The fourth-order valence-electron chi connectivity index (χ4n) is 3.41. The van der Waals surface area contributed by atoms with E-state index in [-0.39, 0.29) is 5.82 Å². The fourth-order valence-corrected chi connectivity index (χ4v) is 3.41. The van der Waals surface area contributed by atoms with Crippen molar-refractivity contribution in [1.29, 1.82) is 0 Å². The van der Waals surface area contributed by atoms with E-state index in [0.717, 1.165) is 11.3 Å². The van der Waals surface area contributed by atoms with E-state index in [4.69, 9.17) is 18.9 Å². The van der Waals surface area contributed by atoms with Crippen LogP contribution < -0.4 is 24.3 Å². The number of aryl methyl sites for hydroxylation is 1. The highest BCUT2D eigenvalue weighted by Gasteiger charge is 2.14. The molecule has 0 unspecified atom stereocenters. The predicted octanol–water partition coefficient (Wildman–Crippen LogP) is 6.15. The molecule has 2 heterocycles. The molecule has 2 aromatic heterocycles. The van der Waals surface area contributed by atoms with E-state index < -0.39 is 0 Å². The van der Waals surface area contributed by atoms with Crippen molar-refractivity contribution in [2.45, 2.75) is 6.92 Å².